The van der Waals surface area contributed by atoms with Crippen molar-refractivity contribution in [3.63, 3.8) is 0 Å². The molecule has 10 rings (SSSR count). The van der Waals surface area contributed by atoms with E-state index in [0.29, 0.717) is 0 Å². The summed E-state index contributed by atoms with van der Waals surface area (Å²) >= 11 is 0. The third-order valence-corrected chi connectivity index (χ3v) is 10.8. The largest absolute Gasteiger partial charge is 0.309 e. The fraction of sp³-hybridized carbons (Fsp3) is 0.0909. The predicted molar refractivity (Wildman–Crippen MR) is 188 cm³/mol. The maximum atomic E-state index is 2.52. The van der Waals surface area contributed by atoms with Crippen molar-refractivity contribution >= 4 is 32.6 Å². The summed E-state index contributed by atoms with van der Waals surface area (Å²) in [6.45, 7) is 4.83. The number of benzene rings is 7. The quantitative estimate of drug-likeness (QED) is 0.184. The molecule has 0 bridgehead atoms. The van der Waals surface area contributed by atoms with Gasteiger partial charge in [0.2, 0.25) is 0 Å². The van der Waals surface area contributed by atoms with E-state index in [4.69, 9.17) is 0 Å². The van der Waals surface area contributed by atoms with Crippen LogP contribution in [0.15, 0.2) is 152 Å². The van der Waals surface area contributed by atoms with Crippen LogP contribution < -0.4 is 0 Å². The van der Waals surface area contributed by atoms with Gasteiger partial charge >= 0.3 is 0 Å². The van der Waals surface area contributed by atoms with E-state index < -0.39 is 5.41 Å². The van der Waals surface area contributed by atoms with Gasteiger partial charge in [0, 0.05) is 16.2 Å². The molecule has 0 fully saturated rings. The van der Waals surface area contributed by atoms with Crippen molar-refractivity contribution in [1.82, 2.24) is 4.57 Å². The van der Waals surface area contributed by atoms with Crippen LogP contribution in [-0.4, -0.2) is 4.57 Å². The SMILES string of the molecule is CC1(C)c2ccccc2C2(c3ccccc3-n3c4ccccc4c4cccc2c43)c2ccc(-c3cccc4ccccc34)cc21. The Hall–Kier alpha value is -5.40. The number of fused-ring (bicyclic) bond motifs is 12. The minimum Gasteiger partial charge on any atom is -0.309 e. The number of hydrogen-bond donors (Lipinski definition) is 0. The molecule has 0 saturated heterocycles. The molecule has 1 spiro atoms. The van der Waals surface area contributed by atoms with E-state index in [0.717, 1.165) is 0 Å². The van der Waals surface area contributed by atoms with Gasteiger partial charge in [-0.15, -0.1) is 0 Å². The second kappa shape index (κ2) is 8.61. The predicted octanol–water partition coefficient (Wildman–Crippen LogP) is 10.9. The van der Waals surface area contributed by atoms with Gasteiger partial charge in [0.1, 0.15) is 0 Å². The van der Waals surface area contributed by atoms with Crippen LogP contribution in [-0.2, 0) is 10.8 Å². The molecule has 1 unspecified atom stereocenters. The molecule has 1 nitrogen and oxygen atoms in total. The fourth-order valence-electron chi connectivity index (χ4n) is 8.96. The normalized spacial score (nSPS) is 17.4. The Morgan fingerprint density at radius 2 is 1.07 bits per heavy atom. The minimum atomic E-state index is -0.459. The van der Waals surface area contributed by atoms with Crippen LogP contribution >= 0.6 is 0 Å². The molecule has 0 N–H and O–H groups in total. The summed E-state index contributed by atoms with van der Waals surface area (Å²) in [7, 11) is 0. The summed E-state index contributed by atoms with van der Waals surface area (Å²) in [4.78, 5) is 0. The van der Waals surface area contributed by atoms with E-state index in [1.165, 1.54) is 82.8 Å². The molecule has 0 amide bonds. The summed E-state index contributed by atoms with van der Waals surface area (Å²) in [5, 5.41) is 5.18. The first-order valence-corrected chi connectivity index (χ1v) is 16.0. The smallest absolute Gasteiger partial charge is 0.0748 e. The molecule has 2 heterocycles. The zero-order valence-corrected chi connectivity index (χ0v) is 25.4. The van der Waals surface area contributed by atoms with E-state index in [9.17, 15) is 0 Å². The fourth-order valence-corrected chi connectivity index (χ4v) is 8.96. The second-order valence-electron chi connectivity index (χ2n) is 13.3. The van der Waals surface area contributed by atoms with Crippen LogP contribution in [0.3, 0.4) is 0 Å². The van der Waals surface area contributed by atoms with E-state index in [1.54, 1.807) is 0 Å². The Bertz CT molecular complexity index is 2520. The molecule has 7 aromatic carbocycles. The topological polar surface area (TPSA) is 4.93 Å². The highest BCUT2D eigenvalue weighted by molar-refractivity contribution is 6.12. The lowest BCUT2D eigenvalue weighted by Crippen LogP contribution is -2.44. The number of aromatic nitrogens is 1. The van der Waals surface area contributed by atoms with Crippen LogP contribution in [0, 0.1) is 0 Å². The lowest BCUT2D eigenvalue weighted by Gasteiger charge is -2.50. The summed E-state index contributed by atoms with van der Waals surface area (Å²) < 4.78 is 2.52. The maximum absolute atomic E-state index is 2.52. The molecule has 1 aliphatic heterocycles. The maximum Gasteiger partial charge on any atom is 0.0748 e. The van der Waals surface area contributed by atoms with Gasteiger partial charge in [-0.1, -0.05) is 147 Å². The van der Waals surface area contributed by atoms with Crippen LogP contribution in [0.2, 0.25) is 0 Å². The van der Waals surface area contributed by atoms with Gasteiger partial charge in [0.05, 0.1) is 22.1 Å². The van der Waals surface area contributed by atoms with Crippen molar-refractivity contribution in [2.75, 3.05) is 0 Å². The molecule has 45 heavy (non-hydrogen) atoms. The van der Waals surface area contributed by atoms with Gasteiger partial charge in [0.25, 0.3) is 0 Å². The number of hydrogen-bond acceptors (Lipinski definition) is 0. The molecule has 8 aromatic rings. The Kier molecular flexibility index (Phi) is 4.78. The van der Waals surface area contributed by atoms with Crippen molar-refractivity contribution in [1.29, 1.82) is 0 Å². The molecule has 1 heteroatoms. The third kappa shape index (κ3) is 2.99. The van der Waals surface area contributed by atoms with E-state index in [1.807, 2.05) is 0 Å². The molecule has 1 aromatic heterocycles. The van der Waals surface area contributed by atoms with Crippen molar-refractivity contribution in [2.24, 2.45) is 0 Å². The lowest BCUT2D eigenvalue weighted by molar-refractivity contribution is 0.556. The Labute approximate surface area is 263 Å². The Balaban J connectivity index is 1.39. The van der Waals surface area contributed by atoms with Gasteiger partial charge in [0.15, 0.2) is 0 Å². The molecule has 0 saturated carbocycles. The first kappa shape index (κ1) is 25.0. The standard InChI is InChI=1S/C44H31N/c1-43(2)34-19-6-7-20-35(34)44(36-26-25-29(27-39(36)43)31-17-11-14-28-13-3-4-15-30(28)31)37-21-8-10-24-41(37)45-40-23-9-5-16-32(40)33-18-12-22-38(44)42(33)45/h3-27H,1-2H3. The van der Waals surface area contributed by atoms with Gasteiger partial charge in [-0.05, 0) is 73.5 Å². The van der Waals surface area contributed by atoms with Gasteiger partial charge in [-0.3, -0.25) is 0 Å². The van der Waals surface area contributed by atoms with Crippen molar-refractivity contribution in [3.8, 4) is 16.8 Å². The van der Waals surface area contributed by atoms with Gasteiger partial charge in [-0.25, -0.2) is 0 Å². The molecule has 0 radical (unpaired) electrons. The Morgan fingerprint density at radius 1 is 0.444 bits per heavy atom. The molecular formula is C44H31N. The zero-order chi connectivity index (χ0) is 29.9. The van der Waals surface area contributed by atoms with Gasteiger partial charge < -0.3 is 4.57 Å². The van der Waals surface area contributed by atoms with Crippen molar-refractivity contribution in [2.45, 2.75) is 24.7 Å². The third-order valence-electron chi connectivity index (χ3n) is 10.8. The minimum absolute atomic E-state index is 0.190. The molecule has 212 valence electrons. The van der Waals surface area contributed by atoms with Crippen LogP contribution in [0.5, 0.6) is 0 Å². The van der Waals surface area contributed by atoms with Crippen molar-refractivity contribution < 1.29 is 0 Å². The Morgan fingerprint density at radius 3 is 1.96 bits per heavy atom. The first-order chi connectivity index (χ1) is 22.1. The van der Waals surface area contributed by atoms with Crippen LogP contribution in [0.25, 0.3) is 49.4 Å². The highest BCUT2D eigenvalue weighted by Gasteiger charge is 2.52. The summed E-state index contributed by atoms with van der Waals surface area (Å²) in [5.41, 5.74) is 14.0. The van der Waals surface area contributed by atoms with E-state index in [2.05, 4.69) is 170 Å². The highest BCUT2D eigenvalue weighted by Crippen LogP contribution is 2.60. The average molecular weight is 574 g/mol. The lowest BCUT2D eigenvalue weighted by atomic mass is 9.53. The second-order valence-corrected chi connectivity index (χ2v) is 13.3. The monoisotopic (exact) mass is 573 g/mol. The van der Waals surface area contributed by atoms with E-state index in [-0.39, 0.29) is 5.41 Å². The summed E-state index contributed by atoms with van der Waals surface area (Å²) in [5.74, 6) is 0. The first-order valence-electron chi connectivity index (χ1n) is 16.0. The average Bonchev–Trinajstić information content (AvgIpc) is 3.44. The number of nitrogens with zero attached hydrogens (tertiary/aromatic N) is 1. The van der Waals surface area contributed by atoms with Crippen molar-refractivity contribution in [3.05, 3.63) is 185 Å². The molecule has 1 aliphatic carbocycles. The van der Waals surface area contributed by atoms with E-state index >= 15 is 0 Å². The number of rotatable bonds is 1. The summed E-state index contributed by atoms with van der Waals surface area (Å²) in [6, 6.07) is 57.0. The van der Waals surface area contributed by atoms with Gasteiger partial charge in [-0.2, -0.15) is 0 Å². The van der Waals surface area contributed by atoms with Crippen LogP contribution in [0.4, 0.5) is 0 Å². The zero-order valence-electron chi connectivity index (χ0n) is 25.4. The highest BCUT2D eigenvalue weighted by atomic mass is 15.0. The molecule has 1 atom stereocenters. The molecular weight excluding hydrogens is 542 g/mol. The summed E-state index contributed by atoms with van der Waals surface area (Å²) in [6.07, 6.45) is 0. The number of para-hydroxylation sites is 3. The molecule has 2 aliphatic rings. The van der Waals surface area contributed by atoms with Crippen LogP contribution in [0.1, 0.15) is 47.2 Å².